The lowest BCUT2D eigenvalue weighted by molar-refractivity contribution is -0.154. The maximum atomic E-state index is 12.1. The first-order valence-electron chi connectivity index (χ1n) is 5.66. The number of alkyl halides is 3. The second-order valence-electron chi connectivity index (χ2n) is 4.08. The highest BCUT2D eigenvalue weighted by Gasteiger charge is 2.28. The van der Waals surface area contributed by atoms with Gasteiger partial charge in [0.05, 0.1) is 15.8 Å². The Labute approximate surface area is 132 Å². The molecule has 0 saturated heterocycles. The lowest BCUT2D eigenvalue weighted by atomic mass is 10.4. The molecule has 0 aromatic carbocycles. The van der Waals surface area contributed by atoms with Gasteiger partial charge in [-0.1, -0.05) is 11.6 Å². The summed E-state index contributed by atoms with van der Waals surface area (Å²) in [6.07, 6.45) is -4.48. The Balaban J connectivity index is 2.05. The molecule has 0 aliphatic rings. The van der Waals surface area contributed by atoms with E-state index in [1.807, 2.05) is 0 Å². The van der Waals surface area contributed by atoms with Gasteiger partial charge in [-0.15, -0.1) is 16.4 Å². The minimum absolute atomic E-state index is 0.0803. The van der Waals surface area contributed by atoms with Gasteiger partial charge in [0, 0.05) is 6.07 Å². The van der Waals surface area contributed by atoms with Crippen LogP contribution in [-0.4, -0.2) is 31.4 Å². The molecule has 120 valence electrons. The highest BCUT2D eigenvalue weighted by Crippen LogP contribution is 2.27. The third kappa shape index (κ3) is 4.82. The summed E-state index contributed by atoms with van der Waals surface area (Å²) in [5.74, 6) is -0.770. The smallest absolute Gasteiger partial charge is 0.422 e. The summed E-state index contributed by atoms with van der Waals surface area (Å²) >= 11 is 6.59. The van der Waals surface area contributed by atoms with Crippen LogP contribution in [0.15, 0.2) is 28.5 Å². The Kier molecular flexibility index (Phi) is 4.93. The van der Waals surface area contributed by atoms with Gasteiger partial charge >= 0.3 is 6.18 Å². The molecule has 22 heavy (non-hydrogen) atoms. The summed E-state index contributed by atoms with van der Waals surface area (Å²) in [5.41, 5.74) is 0.0869. The molecule has 2 rings (SSSR count). The minimum Gasteiger partial charge on any atom is -0.467 e. The van der Waals surface area contributed by atoms with E-state index in [9.17, 15) is 21.6 Å². The van der Waals surface area contributed by atoms with Gasteiger partial charge < -0.3 is 4.74 Å². The van der Waals surface area contributed by atoms with E-state index < -0.39 is 28.4 Å². The van der Waals surface area contributed by atoms with Crippen molar-refractivity contribution >= 4 is 32.8 Å². The molecular formula is C11H8ClF3N2O3S2. The summed E-state index contributed by atoms with van der Waals surface area (Å²) in [6.45, 7) is -1.49. The summed E-state index contributed by atoms with van der Waals surface area (Å²) in [5, 5.41) is 6.95. The van der Waals surface area contributed by atoms with Crippen molar-refractivity contribution in [2.24, 2.45) is 0 Å². The van der Waals surface area contributed by atoms with Crippen molar-refractivity contribution in [1.29, 1.82) is 0 Å². The van der Waals surface area contributed by atoms with Crippen LogP contribution in [0.2, 0.25) is 4.34 Å². The average molecular weight is 373 g/mol. The van der Waals surface area contributed by atoms with E-state index in [-0.39, 0.29) is 15.8 Å². The van der Waals surface area contributed by atoms with Crippen LogP contribution in [0.1, 0.15) is 5.69 Å². The van der Waals surface area contributed by atoms with Crippen LogP contribution < -0.4 is 4.74 Å². The van der Waals surface area contributed by atoms with Crippen LogP contribution in [0.4, 0.5) is 13.2 Å². The minimum atomic E-state index is -4.48. The first-order valence-corrected chi connectivity index (χ1v) is 8.51. The van der Waals surface area contributed by atoms with Crippen LogP contribution in [0.25, 0.3) is 0 Å². The van der Waals surface area contributed by atoms with E-state index in [0.717, 1.165) is 17.4 Å². The summed E-state index contributed by atoms with van der Waals surface area (Å²) in [6, 6.07) is 5.20. The van der Waals surface area contributed by atoms with Gasteiger partial charge in [-0.05, 0) is 18.2 Å². The van der Waals surface area contributed by atoms with E-state index in [0.29, 0.717) is 4.34 Å². The van der Waals surface area contributed by atoms with E-state index in [1.165, 1.54) is 18.2 Å². The highest BCUT2D eigenvalue weighted by atomic mass is 35.5. The summed E-state index contributed by atoms with van der Waals surface area (Å²) < 4.78 is 64.8. The molecule has 0 unspecified atom stereocenters. The van der Waals surface area contributed by atoms with Crippen LogP contribution in [0.5, 0.6) is 5.88 Å². The second-order valence-corrected chi connectivity index (χ2v) is 8.02. The van der Waals surface area contributed by atoms with E-state index in [2.05, 4.69) is 14.9 Å². The molecule has 2 heterocycles. The molecule has 11 heteroatoms. The lowest BCUT2D eigenvalue weighted by Gasteiger charge is -2.07. The average Bonchev–Trinajstić information content (AvgIpc) is 2.84. The molecular weight excluding hydrogens is 365 g/mol. The lowest BCUT2D eigenvalue weighted by Crippen LogP contribution is -2.19. The topological polar surface area (TPSA) is 69.2 Å². The summed E-state index contributed by atoms with van der Waals surface area (Å²) in [4.78, 5) is 0. The fraction of sp³-hybridized carbons (Fsp3) is 0.273. The zero-order chi connectivity index (χ0) is 16.4. The van der Waals surface area contributed by atoms with Gasteiger partial charge in [-0.3, -0.25) is 0 Å². The fourth-order valence-electron chi connectivity index (χ4n) is 1.39. The first-order chi connectivity index (χ1) is 10.2. The van der Waals surface area contributed by atoms with Crippen molar-refractivity contribution in [3.05, 3.63) is 34.3 Å². The van der Waals surface area contributed by atoms with Crippen molar-refractivity contribution in [2.75, 3.05) is 6.61 Å². The van der Waals surface area contributed by atoms with Gasteiger partial charge in [0.1, 0.15) is 4.21 Å². The number of sulfone groups is 1. The fourth-order valence-corrected chi connectivity index (χ4v) is 4.22. The Morgan fingerprint density at radius 2 is 1.91 bits per heavy atom. The third-order valence-electron chi connectivity index (χ3n) is 2.27. The molecule has 0 amide bonds. The number of thiophene rings is 1. The van der Waals surface area contributed by atoms with Crippen molar-refractivity contribution in [2.45, 2.75) is 16.1 Å². The van der Waals surface area contributed by atoms with Crippen LogP contribution >= 0.6 is 22.9 Å². The van der Waals surface area contributed by atoms with Crippen molar-refractivity contribution in [3.63, 3.8) is 0 Å². The van der Waals surface area contributed by atoms with Crippen molar-refractivity contribution < 1.29 is 26.3 Å². The predicted octanol–water partition coefficient (Wildman–Crippen LogP) is 3.11. The van der Waals surface area contributed by atoms with E-state index in [1.54, 1.807) is 0 Å². The SMILES string of the molecule is O=S(=O)(Cc1ccc(OCC(F)(F)F)nn1)c1ccc(Cl)s1. The normalized spacial score (nSPS) is 12.4. The predicted molar refractivity (Wildman–Crippen MR) is 73.8 cm³/mol. The largest absolute Gasteiger partial charge is 0.467 e. The van der Waals surface area contributed by atoms with Gasteiger partial charge in [-0.25, -0.2) is 8.42 Å². The monoisotopic (exact) mass is 372 g/mol. The molecule has 0 aliphatic heterocycles. The molecule has 0 radical (unpaired) electrons. The number of nitrogens with zero attached hydrogens (tertiary/aromatic N) is 2. The van der Waals surface area contributed by atoms with Gasteiger partial charge in [0.2, 0.25) is 5.88 Å². The van der Waals surface area contributed by atoms with Crippen LogP contribution in [0.3, 0.4) is 0 Å². The Morgan fingerprint density at radius 3 is 2.41 bits per heavy atom. The molecule has 2 aromatic rings. The molecule has 2 aromatic heterocycles. The highest BCUT2D eigenvalue weighted by molar-refractivity contribution is 7.92. The van der Waals surface area contributed by atoms with Gasteiger partial charge in [-0.2, -0.15) is 18.3 Å². The molecule has 0 spiro atoms. The quantitative estimate of drug-likeness (QED) is 0.806. The van der Waals surface area contributed by atoms with Gasteiger partial charge in [0.25, 0.3) is 0 Å². The summed E-state index contributed by atoms with van der Waals surface area (Å²) in [7, 11) is -3.63. The van der Waals surface area contributed by atoms with Crippen molar-refractivity contribution in [3.8, 4) is 5.88 Å². The number of halogens is 4. The maximum Gasteiger partial charge on any atom is 0.422 e. The molecule has 0 atom stereocenters. The molecule has 0 bridgehead atoms. The molecule has 0 fully saturated rings. The first kappa shape index (κ1) is 17.0. The number of hydrogen-bond donors (Lipinski definition) is 0. The standard InChI is InChI=1S/C11H8ClF3N2O3S2/c12-8-2-4-10(21-8)22(18,19)5-7-1-3-9(17-16-7)20-6-11(13,14)15/h1-4H,5-6H2. The van der Waals surface area contributed by atoms with E-state index in [4.69, 9.17) is 11.6 Å². The molecule has 0 aliphatic carbocycles. The Hall–Kier alpha value is -1.39. The number of ether oxygens (including phenoxy) is 1. The van der Waals surface area contributed by atoms with Crippen molar-refractivity contribution in [1.82, 2.24) is 10.2 Å². The Morgan fingerprint density at radius 1 is 1.18 bits per heavy atom. The maximum absolute atomic E-state index is 12.1. The molecule has 0 N–H and O–H groups in total. The third-order valence-corrected chi connectivity index (χ3v) is 5.73. The molecule has 0 saturated carbocycles. The Bertz CT molecular complexity index is 745. The zero-order valence-electron chi connectivity index (χ0n) is 10.7. The van der Waals surface area contributed by atoms with E-state index >= 15 is 0 Å². The van der Waals surface area contributed by atoms with Crippen LogP contribution in [0, 0.1) is 0 Å². The molecule has 5 nitrogen and oxygen atoms in total. The zero-order valence-corrected chi connectivity index (χ0v) is 13.1. The number of hydrogen-bond acceptors (Lipinski definition) is 6. The van der Waals surface area contributed by atoms with Crippen LogP contribution in [-0.2, 0) is 15.6 Å². The number of aromatic nitrogens is 2. The number of rotatable bonds is 5. The second kappa shape index (κ2) is 6.39. The van der Waals surface area contributed by atoms with Gasteiger partial charge in [0.15, 0.2) is 16.4 Å².